The third-order valence-corrected chi connectivity index (χ3v) is 7.39. The molecule has 0 saturated heterocycles. The predicted octanol–water partition coefficient (Wildman–Crippen LogP) is 7.03. The van der Waals surface area contributed by atoms with E-state index in [1.807, 2.05) is 10.7 Å². The number of methoxy groups -OCH3 is 1. The van der Waals surface area contributed by atoms with Crippen molar-refractivity contribution in [2.75, 3.05) is 18.6 Å². The molecule has 4 aromatic rings. The number of hydrogen-bond donors (Lipinski definition) is 0. The van der Waals surface area contributed by atoms with Gasteiger partial charge in [0.05, 0.1) is 19.2 Å². The fourth-order valence-electron chi connectivity index (χ4n) is 4.12. The van der Waals surface area contributed by atoms with Crippen LogP contribution >= 0.6 is 11.8 Å². The molecular formula is C32H35N3O2S. The van der Waals surface area contributed by atoms with E-state index in [9.17, 15) is 4.79 Å². The van der Waals surface area contributed by atoms with E-state index in [-0.39, 0.29) is 5.97 Å². The maximum absolute atomic E-state index is 11.1. The first-order valence-electron chi connectivity index (χ1n) is 13.0. The zero-order valence-corrected chi connectivity index (χ0v) is 23.0. The molecular weight excluding hydrogens is 490 g/mol. The number of carbonyl (C=O) groups excluding carboxylic acids is 1. The van der Waals surface area contributed by atoms with Gasteiger partial charge in [-0.1, -0.05) is 95.7 Å². The third-order valence-electron chi connectivity index (χ3n) is 6.50. The van der Waals surface area contributed by atoms with Gasteiger partial charge in [-0.05, 0) is 54.0 Å². The minimum atomic E-state index is -0.151. The lowest BCUT2D eigenvalue weighted by molar-refractivity contribution is -0.140. The average Bonchev–Trinajstić information content (AvgIpc) is 3.43. The number of benzene rings is 3. The van der Waals surface area contributed by atoms with Crippen molar-refractivity contribution in [3.8, 4) is 22.3 Å². The molecule has 1 aromatic heterocycles. The first-order valence-corrected chi connectivity index (χ1v) is 14.2. The van der Waals surface area contributed by atoms with Gasteiger partial charge in [0.1, 0.15) is 0 Å². The van der Waals surface area contributed by atoms with Crippen LogP contribution in [0.4, 0.5) is 0 Å². The van der Waals surface area contributed by atoms with Gasteiger partial charge < -0.3 is 4.74 Å². The van der Waals surface area contributed by atoms with Crippen molar-refractivity contribution in [3.63, 3.8) is 0 Å². The highest BCUT2D eigenvalue weighted by molar-refractivity contribution is 7.99. The SMILES string of the molecule is COC(=O)CCSC/C=C(\C)CCn1cc(CCc2ccc(-c3ccc(-c4ccccc4)cc3)cc2)nn1. The van der Waals surface area contributed by atoms with Crippen molar-refractivity contribution in [1.82, 2.24) is 15.0 Å². The van der Waals surface area contributed by atoms with E-state index < -0.39 is 0 Å². The van der Waals surface area contributed by atoms with Crippen molar-refractivity contribution in [1.29, 1.82) is 0 Å². The molecule has 196 valence electrons. The van der Waals surface area contributed by atoms with Crippen molar-refractivity contribution >= 4 is 17.7 Å². The summed E-state index contributed by atoms with van der Waals surface area (Å²) >= 11 is 1.74. The van der Waals surface area contributed by atoms with Gasteiger partial charge in [0.15, 0.2) is 0 Å². The van der Waals surface area contributed by atoms with Crippen LogP contribution in [0.2, 0.25) is 0 Å². The number of ether oxygens (including phenoxy) is 1. The van der Waals surface area contributed by atoms with Crippen molar-refractivity contribution in [2.45, 2.75) is 39.2 Å². The zero-order chi connectivity index (χ0) is 26.6. The van der Waals surface area contributed by atoms with E-state index >= 15 is 0 Å². The summed E-state index contributed by atoms with van der Waals surface area (Å²) < 4.78 is 6.59. The molecule has 1 heterocycles. The largest absolute Gasteiger partial charge is 0.469 e. The maximum atomic E-state index is 11.1. The summed E-state index contributed by atoms with van der Waals surface area (Å²) in [5.74, 6) is 1.54. The fourth-order valence-corrected chi connectivity index (χ4v) is 5.00. The smallest absolute Gasteiger partial charge is 0.306 e. The van der Waals surface area contributed by atoms with Crippen LogP contribution in [0.3, 0.4) is 0 Å². The molecule has 0 saturated carbocycles. The van der Waals surface area contributed by atoms with E-state index in [2.05, 4.69) is 107 Å². The highest BCUT2D eigenvalue weighted by Crippen LogP contribution is 2.25. The molecule has 0 spiro atoms. The molecule has 0 radical (unpaired) electrons. The van der Waals surface area contributed by atoms with Crippen LogP contribution in [-0.4, -0.2) is 39.6 Å². The number of nitrogens with zero attached hydrogens (tertiary/aromatic N) is 3. The lowest BCUT2D eigenvalue weighted by Crippen LogP contribution is -2.01. The third kappa shape index (κ3) is 8.45. The number of allylic oxidation sites excluding steroid dienone is 1. The van der Waals surface area contributed by atoms with Crippen molar-refractivity contribution in [2.24, 2.45) is 0 Å². The fraction of sp³-hybridized carbons (Fsp3) is 0.281. The highest BCUT2D eigenvalue weighted by atomic mass is 32.2. The lowest BCUT2D eigenvalue weighted by Gasteiger charge is -2.06. The Morgan fingerprint density at radius 3 is 2.16 bits per heavy atom. The maximum Gasteiger partial charge on any atom is 0.306 e. The standard InChI is InChI=1S/C32H35N3O2S/c1-25(19-22-38-23-20-32(36)37-2)18-21-35-24-31(33-34-35)17-10-26-8-11-28(12-9-26)30-15-13-29(14-16-30)27-6-4-3-5-7-27/h3-9,11-16,19,24H,10,17-18,20-23H2,1-2H3/b25-19+. The van der Waals surface area contributed by atoms with Crippen molar-refractivity contribution < 1.29 is 9.53 Å². The summed E-state index contributed by atoms with van der Waals surface area (Å²) in [4.78, 5) is 11.1. The Hall–Kier alpha value is -3.64. The van der Waals surface area contributed by atoms with Gasteiger partial charge in [0, 0.05) is 24.2 Å². The number of hydrogen-bond acceptors (Lipinski definition) is 5. The molecule has 6 heteroatoms. The van der Waals surface area contributed by atoms with Gasteiger partial charge >= 0.3 is 5.97 Å². The molecule has 0 atom stereocenters. The van der Waals surface area contributed by atoms with E-state index in [0.29, 0.717) is 6.42 Å². The number of thioether (sulfide) groups is 1. The Morgan fingerprint density at radius 2 is 1.50 bits per heavy atom. The Morgan fingerprint density at radius 1 is 0.868 bits per heavy atom. The van der Waals surface area contributed by atoms with Gasteiger partial charge in [-0.15, -0.1) is 5.10 Å². The lowest BCUT2D eigenvalue weighted by atomic mass is 9.99. The molecule has 0 aliphatic carbocycles. The van der Waals surface area contributed by atoms with Crippen LogP contribution in [0, 0.1) is 0 Å². The Balaban J connectivity index is 1.20. The number of aromatic nitrogens is 3. The molecule has 4 rings (SSSR count). The average molecular weight is 526 g/mol. The molecule has 0 amide bonds. The predicted molar refractivity (Wildman–Crippen MR) is 157 cm³/mol. The summed E-state index contributed by atoms with van der Waals surface area (Å²) in [6, 6.07) is 28.0. The molecule has 3 aromatic carbocycles. The number of rotatable bonds is 13. The highest BCUT2D eigenvalue weighted by Gasteiger charge is 2.05. The van der Waals surface area contributed by atoms with Crippen LogP contribution in [0.5, 0.6) is 0 Å². The molecule has 38 heavy (non-hydrogen) atoms. The second-order valence-electron chi connectivity index (χ2n) is 9.31. The summed E-state index contributed by atoms with van der Waals surface area (Å²) in [6.45, 7) is 2.96. The summed E-state index contributed by atoms with van der Waals surface area (Å²) in [6.07, 6.45) is 7.49. The number of esters is 1. The van der Waals surface area contributed by atoms with Crippen LogP contribution in [0.25, 0.3) is 22.3 Å². The van der Waals surface area contributed by atoms with Crippen LogP contribution < -0.4 is 0 Å². The summed E-state index contributed by atoms with van der Waals surface area (Å²) in [7, 11) is 1.43. The minimum Gasteiger partial charge on any atom is -0.469 e. The molecule has 0 N–H and O–H groups in total. The normalized spacial score (nSPS) is 11.5. The van der Waals surface area contributed by atoms with E-state index in [1.165, 1.54) is 40.5 Å². The Kier molecular flexibility index (Phi) is 10.3. The minimum absolute atomic E-state index is 0.151. The first-order chi connectivity index (χ1) is 18.6. The second-order valence-corrected chi connectivity index (χ2v) is 10.5. The van der Waals surface area contributed by atoms with Gasteiger partial charge in [0.25, 0.3) is 0 Å². The van der Waals surface area contributed by atoms with Crippen LogP contribution in [0.15, 0.2) is 96.7 Å². The second kappa shape index (κ2) is 14.3. The van der Waals surface area contributed by atoms with E-state index in [4.69, 9.17) is 0 Å². The molecule has 0 bridgehead atoms. The molecule has 0 aliphatic heterocycles. The number of carbonyl (C=O) groups is 1. The molecule has 5 nitrogen and oxygen atoms in total. The van der Waals surface area contributed by atoms with Crippen molar-refractivity contribution in [3.05, 3.63) is 108 Å². The van der Waals surface area contributed by atoms with E-state index in [0.717, 1.165) is 43.0 Å². The van der Waals surface area contributed by atoms with Gasteiger partial charge in [-0.3, -0.25) is 9.48 Å². The van der Waals surface area contributed by atoms with Gasteiger partial charge in [-0.25, -0.2) is 0 Å². The topological polar surface area (TPSA) is 57.0 Å². The quantitative estimate of drug-likeness (QED) is 0.107. The van der Waals surface area contributed by atoms with Gasteiger partial charge in [-0.2, -0.15) is 11.8 Å². The van der Waals surface area contributed by atoms with Crippen LogP contribution in [0.1, 0.15) is 31.0 Å². The van der Waals surface area contributed by atoms with Crippen LogP contribution in [-0.2, 0) is 28.9 Å². The molecule has 0 aliphatic rings. The molecule has 0 unspecified atom stereocenters. The molecule has 0 fully saturated rings. The summed E-state index contributed by atoms with van der Waals surface area (Å²) in [5, 5.41) is 8.67. The Labute approximate surface area is 229 Å². The number of aryl methyl sites for hydroxylation is 3. The monoisotopic (exact) mass is 525 g/mol. The summed E-state index contributed by atoms with van der Waals surface area (Å²) in [5.41, 5.74) is 8.56. The Bertz CT molecular complexity index is 1310. The van der Waals surface area contributed by atoms with E-state index in [1.54, 1.807) is 11.8 Å². The zero-order valence-electron chi connectivity index (χ0n) is 22.2. The first kappa shape index (κ1) is 27.4. The van der Waals surface area contributed by atoms with Gasteiger partial charge in [0.2, 0.25) is 0 Å².